The van der Waals surface area contributed by atoms with Crippen molar-refractivity contribution in [2.45, 2.75) is 43.7 Å². The molecule has 0 unspecified atom stereocenters. The number of nitrogens with zero attached hydrogens (tertiary/aromatic N) is 3. The van der Waals surface area contributed by atoms with Gasteiger partial charge in [-0.3, -0.25) is 0 Å². The van der Waals surface area contributed by atoms with Gasteiger partial charge in [0.25, 0.3) is 0 Å². The second-order valence-corrected chi connectivity index (χ2v) is 5.88. The van der Waals surface area contributed by atoms with E-state index in [1.54, 1.807) is 0 Å². The van der Waals surface area contributed by atoms with Gasteiger partial charge in [0.2, 0.25) is 0 Å². The minimum atomic E-state index is -4.78. The van der Waals surface area contributed by atoms with Gasteiger partial charge in [-0.05, 0) is 24.8 Å². The molecule has 2 heterocycles. The Bertz CT molecular complexity index is 660. The van der Waals surface area contributed by atoms with E-state index >= 15 is 0 Å². The van der Waals surface area contributed by atoms with Crippen LogP contribution < -0.4 is 4.90 Å². The Kier molecular flexibility index (Phi) is 3.46. The van der Waals surface area contributed by atoms with Gasteiger partial charge in [-0.15, -0.1) is 0 Å². The lowest BCUT2D eigenvalue weighted by atomic mass is 10.1. The summed E-state index contributed by atoms with van der Waals surface area (Å²) >= 11 is 0. The molecule has 1 aromatic rings. The van der Waals surface area contributed by atoms with Gasteiger partial charge in [-0.25, -0.2) is 4.98 Å². The summed E-state index contributed by atoms with van der Waals surface area (Å²) in [5.41, 5.74) is -2.00. The van der Waals surface area contributed by atoms with Crippen LogP contribution in [0.4, 0.5) is 32.0 Å². The van der Waals surface area contributed by atoms with Crippen molar-refractivity contribution >= 4 is 5.69 Å². The van der Waals surface area contributed by atoms with Crippen molar-refractivity contribution in [3.05, 3.63) is 23.5 Å². The van der Waals surface area contributed by atoms with Crippen molar-refractivity contribution in [3.8, 4) is 6.07 Å². The Morgan fingerprint density at radius 1 is 1.22 bits per heavy atom. The van der Waals surface area contributed by atoms with Gasteiger partial charge in [-0.2, -0.15) is 31.6 Å². The van der Waals surface area contributed by atoms with E-state index in [-0.39, 0.29) is 17.6 Å². The summed E-state index contributed by atoms with van der Waals surface area (Å²) in [6, 6.07) is 1.04. The van der Waals surface area contributed by atoms with Crippen LogP contribution in [0, 0.1) is 17.2 Å². The first-order valence-electron chi connectivity index (χ1n) is 6.92. The number of hydrogen-bond acceptors (Lipinski definition) is 3. The van der Waals surface area contributed by atoms with E-state index in [4.69, 9.17) is 5.26 Å². The van der Waals surface area contributed by atoms with E-state index in [1.165, 1.54) is 11.0 Å². The Morgan fingerprint density at radius 3 is 2.48 bits per heavy atom. The predicted molar refractivity (Wildman–Crippen MR) is 67.4 cm³/mol. The third-order valence-electron chi connectivity index (χ3n) is 4.26. The second kappa shape index (κ2) is 5.01. The molecule has 2 aliphatic rings. The van der Waals surface area contributed by atoms with E-state index < -0.39 is 36.1 Å². The fourth-order valence-electron chi connectivity index (χ4n) is 3.31. The second-order valence-electron chi connectivity index (χ2n) is 5.88. The highest BCUT2D eigenvalue weighted by Gasteiger charge is 2.54. The monoisotopic (exact) mass is 335 g/mol. The van der Waals surface area contributed by atoms with Crippen molar-refractivity contribution < 1.29 is 26.3 Å². The molecule has 3 rings (SSSR count). The number of pyridine rings is 1. The third-order valence-corrected chi connectivity index (χ3v) is 4.26. The number of nitriles is 1. The molecule has 1 aliphatic heterocycles. The molecule has 0 spiro atoms. The molecular formula is C14H11F6N3. The molecule has 0 radical (unpaired) electrons. The summed E-state index contributed by atoms with van der Waals surface area (Å²) in [6.45, 7) is 0. The zero-order valence-electron chi connectivity index (χ0n) is 11.6. The van der Waals surface area contributed by atoms with Crippen LogP contribution in [0.25, 0.3) is 0 Å². The van der Waals surface area contributed by atoms with Crippen LogP contribution in [0.1, 0.15) is 30.5 Å². The first-order valence-corrected chi connectivity index (χ1v) is 6.92. The maximum absolute atomic E-state index is 13.0. The summed E-state index contributed by atoms with van der Waals surface area (Å²) in [5, 5.41) is 8.73. The smallest absolute Gasteiger partial charge is 0.364 e. The molecule has 0 amide bonds. The Balaban J connectivity index is 1.96. The van der Waals surface area contributed by atoms with Crippen molar-refractivity contribution in [3.63, 3.8) is 0 Å². The van der Waals surface area contributed by atoms with Crippen LogP contribution in [-0.2, 0) is 6.18 Å². The Labute approximate surface area is 127 Å². The highest BCUT2D eigenvalue weighted by molar-refractivity contribution is 5.55. The lowest BCUT2D eigenvalue weighted by molar-refractivity contribution is -0.139. The zero-order chi connectivity index (χ0) is 17.0. The number of piperidine rings is 1. The van der Waals surface area contributed by atoms with Gasteiger partial charge in [-0.1, -0.05) is 0 Å². The van der Waals surface area contributed by atoms with E-state index in [0.29, 0.717) is 12.8 Å². The van der Waals surface area contributed by atoms with Crippen LogP contribution in [0.5, 0.6) is 0 Å². The SMILES string of the molecule is N#Cc1ncc(N2[C@@H](CC(F)(F)F)C[C@H]3C[C@H]32)cc1C(F)(F)F. The van der Waals surface area contributed by atoms with Gasteiger partial charge in [0, 0.05) is 12.1 Å². The van der Waals surface area contributed by atoms with E-state index in [2.05, 4.69) is 4.98 Å². The number of aromatic nitrogens is 1. The predicted octanol–water partition coefficient (Wildman–Crippen LogP) is 3.89. The molecule has 1 saturated heterocycles. The summed E-state index contributed by atoms with van der Waals surface area (Å²) in [6.07, 6.45) is -8.19. The molecular weight excluding hydrogens is 324 g/mol. The minimum absolute atomic E-state index is 0.00410. The number of fused-ring (bicyclic) bond motifs is 1. The molecule has 9 heteroatoms. The lowest BCUT2D eigenvalue weighted by Gasteiger charge is -2.30. The maximum atomic E-state index is 13.0. The molecule has 124 valence electrons. The van der Waals surface area contributed by atoms with Gasteiger partial charge in [0.1, 0.15) is 6.07 Å². The highest BCUT2D eigenvalue weighted by Crippen LogP contribution is 2.52. The zero-order valence-corrected chi connectivity index (χ0v) is 11.6. The van der Waals surface area contributed by atoms with Crippen molar-refractivity contribution in [1.82, 2.24) is 4.98 Å². The molecule has 1 aliphatic carbocycles. The Hall–Kier alpha value is -1.98. The molecule has 0 aromatic carbocycles. The highest BCUT2D eigenvalue weighted by atomic mass is 19.4. The van der Waals surface area contributed by atoms with Crippen molar-refractivity contribution in [1.29, 1.82) is 5.26 Å². The first-order chi connectivity index (χ1) is 10.6. The fourth-order valence-corrected chi connectivity index (χ4v) is 3.31. The van der Waals surface area contributed by atoms with Gasteiger partial charge in [0.05, 0.1) is 23.9 Å². The average molecular weight is 335 g/mol. The molecule has 2 fully saturated rings. The number of halogens is 6. The maximum Gasteiger partial charge on any atom is 0.419 e. The summed E-state index contributed by atoms with van der Waals surface area (Å²) < 4.78 is 76.9. The van der Waals surface area contributed by atoms with Crippen molar-refractivity contribution in [2.75, 3.05) is 4.90 Å². The standard InChI is InChI=1S/C14H11F6N3/c15-13(16,17)4-8-1-7-2-12(7)23(8)9-3-10(14(18,19)20)11(5-21)22-6-9/h3,6-8,12H,1-2,4H2/t7-,8+,12+/m0/s1. The molecule has 1 saturated carbocycles. The molecule has 3 nitrogen and oxygen atoms in total. The average Bonchev–Trinajstić information content (AvgIpc) is 3.07. The van der Waals surface area contributed by atoms with Crippen LogP contribution in [-0.4, -0.2) is 23.2 Å². The topological polar surface area (TPSA) is 39.9 Å². The van der Waals surface area contributed by atoms with E-state index in [0.717, 1.165) is 12.3 Å². The van der Waals surface area contributed by atoms with Gasteiger partial charge in [0.15, 0.2) is 5.69 Å². The third kappa shape index (κ3) is 3.07. The molecule has 23 heavy (non-hydrogen) atoms. The number of hydrogen-bond donors (Lipinski definition) is 0. The quantitative estimate of drug-likeness (QED) is 0.770. The Morgan fingerprint density at radius 2 is 1.91 bits per heavy atom. The summed E-state index contributed by atoms with van der Waals surface area (Å²) in [5.74, 6) is 0.0901. The van der Waals surface area contributed by atoms with E-state index in [9.17, 15) is 26.3 Å². The number of rotatable bonds is 2. The number of anilines is 1. The molecule has 0 N–H and O–H groups in total. The fraction of sp³-hybridized carbons (Fsp3) is 0.571. The lowest BCUT2D eigenvalue weighted by Crippen LogP contribution is -2.36. The van der Waals surface area contributed by atoms with Gasteiger partial charge < -0.3 is 4.90 Å². The van der Waals surface area contributed by atoms with Crippen LogP contribution >= 0.6 is 0 Å². The molecule has 1 aromatic heterocycles. The van der Waals surface area contributed by atoms with Crippen molar-refractivity contribution in [2.24, 2.45) is 5.92 Å². The van der Waals surface area contributed by atoms with Gasteiger partial charge >= 0.3 is 12.4 Å². The van der Waals surface area contributed by atoms with Crippen LogP contribution in [0.15, 0.2) is 12.3 Å². The summed E-state index contributed by atoms with van der Waals surface area (Å²) in [7, 11) is 0. The number of alkyl halides is 6. The minimum Gasteiger partial charge on any atom is -0.364 e. The normalized spacial score (nSPS) is 26.8. The van der Waals surface area contributed by atoms with Crippen LogP contribution in [0.2, 0.25) is 0 Å². The van der Waals surface area contributed by atoms with E-state index in [1.807, 2.05) is 0 Å². The first kappa shape index (κ1) is 15.9. The molecule has 0 bridgehead atoms. The largest absolute Gasteiger partial charge is 0.419 e. The molecule has 3 atom stereocenters. The summed E-state index contributed by atoms with van der Waals surface area (Å²) in [4.78, 5) is 4.88. The van der Waals surface area contributed by atoms with Crippen LogP contribution in [0.3, 0.4) is 0 Å².